The lowest BCUT2D eigenvalue weighted by molar-refractivity contribution is -0.00470. The molecule has 1 atom stereocenters. The Labute approximate surface area is 274 Å². The lowest BCUT2D eigenvalue weighted by atomic mass is 9.97. The smallest absolute Gasteiger partial charge is 0.0598 e. The molecule has 0 saturated heterocycles. The molecular weight excluding hydrogens is 567 g/mol. The van der Waals surface area contributed by atoms with Crippen LogP contribution in [0.15, 0.2) is 97.1 Å². The highest BCUT2D eigenvalue weighted by atomic mass is 32.3. The first-order chi connectivity index (χ1) is 21.6. The van der Waals surface area contributed by atoms with Crippen LogP contribution in [0.4, 0.5) is 0 Å². The van der Waals surface area contributed by atoms with Crippen molar-refractivity contribution < 1.29 is 4.74 Å². The second-order valence-corrected chi connectivity index (χ2v) is 18.0. The van der Waals surface area contributed by atoms with E-state index < -0.39 is 10.0 Å². The average molecular weight is 620 g/mol. The minimum absolute atomic E-state index is 0.0524. The summed E-state index contributed by atoms with van der Waals surface area (Å²) in [5.74, 6) is 3.53. The molecule has 5 rings (SSSR count). The number of fused-ring (bicyclic) bond motifs is 1. The first kappa shape index (κ1) is 33.1. The van der Waals surface area contributed by atoms with Crippen LogP contribution in [-0.4, -0.2) is 28.8 Å². The molecule has 3 heteroatoms. The fraction of sp³-hybridized carbons (Fsp3) is 0.381. The average Bonchev–Trinajstić information content (AvgIpc) is 3.26. The molecule has 5 aromatic rings. The highest BCUT2D eigenvalue weighted by Crippen LogP contribution is 2.54. The van der Waals surface area contributed by atoms with Crippen LogP contribution in [0.3, 0.4) is 0 Å². The van der Waals surface area contributed by atoms with Gasteiger partial charge in [-0.15, -0.1) is 0 Å². The number of hydrogen-bond acceptors (Lipinski definition) is 1. The van der Waals surface area contributed by atoms with Gasteiger partial charge in [0, 0.05) is 41.6 Å². The summed E-state index contributed by atoms with van der Waals surface area (Å²) in [7, 11) is 1.20. The Morgan fingerprint density at radius 3 is 1.87 bits per heavy atom. The van der Waals surface area contributed by atoms with Gasteiger partial charge in [0.25, 0.3) is 0 Å². The van der Waals surface area contributed by atoms with Gasteiger partial charge in [0.1, 0.15) is 0 Å². The molecule has 0 aliphatic rings. The Balaban J connectivity index is 1.45. The number of aromatic nitrogens is 1. The molecule has 4 aromatic carbocycles. The summed E-state index contributed by atoms with van der Waals surface area (Å²) < 4.78 is 8.41. The Kier molecular flexibility index (Phi) is 10.6. The van der Waals surface area contributed by atoms with Crippen LogP contribution < -0.4 is 0 Å². The van der Waals surface area contributed by atoms with Gasteiger partial charge in [-0.05, 0) is 98.9 Å². The highest BCUT2D eigenvalue weighted by molar-refractivity contribution is 8.31. The quantitative estimate of drug-likeness (QED) is 0.120. The van der Waals surface area contributed by atoms with Crippen LogP contribution in [0.25, 0.3) is 33.3 Å². The third kappa shape index (κ3) is 8.12. The lowest BCUT2D eigenvalue weighted by Gasteiger charge is -2.38. The Hall–Kier alpha value is -3.27. The zero-order valence-corrected chi connectivity index (χ0v) is 29.5. The predicted molar refractivity (Wildman–Crippen MR) is 200 cm³/mol. The van der Waals surface area contributed by atoms with Crippen molar-refractivity contribution in [1.29, 1.82) is 0 Å². The molecule has 0 aliphatic heterocycles. The van der Waals surface area contributed by atoms with Crippen LogP contribution in [0.2, 0.25) is 0 Å². The van der Waals surface area contributed by atoms with Crippen molar-refractivity contribution in [2.45, 2.75) is 77.4 Å². The normalized spacial score (nSPS) is 14.0. The van der Waals surface area contributed by atoms with E-state index in [0.29, 0.717) is 0 Å². The lowest BCUT2D eigenvalue weighted by Crippen LogP contribution is -2.19. The number of para-hydroxylation sites is 1. The topological polar surface area (TPSA) is 14.2 Å². The number of unbranched alkanes of at least 4 members (excludes halogenated alkanes) is 3. The number of aryl methyl sites for hydroxylation is 3. The van der Waals surface area contributed by atoms with Crippen molar-refractivity contribution in [1.82, 2.24) is 4.57 Å². The summed E-state index contributed by atoms with van der Waals surface area (Å²) in [4.78, 5) is 0. The molecule has 0 saturated carbocycles. The monoisotopic (exact) mass is 619 g/mol. The minimum atomic E-state index is -1.03. The number of ether oxygens (including phenoxy) is 1. The Morgan fingerprint density at radius 2 is 1.20 bits per heavy atom. The first-order valence-electron chi connectivity index (χ1n) is 16.7. The summed E-state index contributed by atoms with van der Waals surface area (Å²) in [5, 5.41) is 1.35. The molecule has 1 aromatic heterocycles. The van der Waals surface area contributed by atoms with Gasteiger partial charge in [-0.2, -0.15) is 0 Å². The van der Waals surface area contributed by atoms with Crippen LogP contribution in [0.5, 0.6) is 0 Å². The fourth-order valence-electron chi connectivity index (χ4n) is 6.86. The highest BCUT2D eigenvalue weighted by Gasteiger charge is 2.24. The number of hydrogen-bond donors (Lipinski definition) is 0. The van der Waals surface area contributed by atoms with Crippen molar-refractivity contribution in [3.05, 3.63) is 119 Å². The van der Waals surface area contributed by atoms with E-state index in [0.717, 1.165) is 24.5 Å². The molecule has 0 radical (unpaired) electrons. The maximum Gasteiger partial charge on any atom is 0.0598 e. The van der Waals surface area contributed by atoms with Crippen molar-refractivity contribution in [2.75, 3.05) is 18.6 Å². The van der Waals surface area contributed by atoms with Gasteiger partial charge < -0.3 is 9.30 Å². The minimum Gasteiger partial charge on any atom is -0.376 e. The van der Waals surface area contributed by atoms with Gasteiger partial charge in [-0.3, -0.25) is 0 Å². The van der Waals surface area contributed by atoms with Gasteiger partial charge >= 0.3 is 0 Å². The summed E-state index contributed by atoms with van der Waals surface area (Å²) in [6.07, 6.45) is 7.53. The Bertz CT molecular complexity index is 1690. The van der Waals surface area contributed by atoms with Crippen LogP contribution in [0, 0.1) is 13.8 Å². The van der Waals surface area contributed by atoms with Crippen molar-refractivity contribution in [3.63, 3.8) is 0 Å². The molecular formula is C42H53NOS. The molecule has 0 N–H and O–H groups in total. The molecule has 0 aliphatic carbocycles. The SMILES string of the molecule is Cc1ccccc1-c1ccccc1CS(C)(CCCCCCOC(C)(C)C)Cc1ccccc1-c1c(C)c2ccccc2n1C. The molecule has 0 fully saturated rings. The van der Waals surface area contributed by atoms with Gasteiger partial charge in [0.15, 0.2) is 0 Å². The van der Waals surface area contributed by atoms with Gasteiger partial charge in [-0.1, -0.05) is 104 Å². The molecule has 1 heterocycles. The van der Waals surface area contributed by atoms with Gasteiger partial charge in [0.2, 0.25) is 0 Å². The second-order valence-electron chi connectivity index (χ2n) is 14.0. The predicted octanol–water partition coefficient (Wildman–Crippen LogP) is 11.6. The molecule has 2 nitrogen and oxygen atoms in total. The molecule has 0 spiro atoms. The van der Waals surface area contributed by atoms with E-state index in [1.807, 2.05) is 0 Å². The van der Waals surface area contributed by atoms with E-state index in [9.17, 15) is 0 Å². The van der Waals surface area contributed by atoms with Crippen molar-refractivity contribution in [2.24, 2.45) is 7.05 Å². The van der Waals surface area contributed by atoms with E-state index in [1.165, 1.54) is 80.6 Å². The zero-order valence-electron chi connectivity index (χ0n) is 28.7. The van der Waals surface area contributed by atoms with E-state index in [-0.39, 0.29) is 5.60 Å². The maximum absolute atomic E-state index is 6.00. The summed E-state index contributed by atoms with van der Waals surface area (Å²) in [5.41, 5.74) is 12.4. The maximum atomic E-state index is 6.00. The third-order valence-electron chi connectivity index (χ3n) is 9.16. The molecule has 0 bridgehead atoms. The van der Waals surface area contributed by atoms with E-state index in [4.69, 9.17) is 4.74 Å². The molecule has 1 unspecified atom stereocenters. The second kappa shape index (κ2) is 14.4. The molecule has 238 valence electrons. The zero-order chi connectivity index (χ0) is 32.0. The largest absolute Gasteiger partial charge is 0.376 e. The van der Waals surface area contributed by atoms with Crippen molar-refractivity contribution in [3.8, 4) is 22.4 Å². The summed E-state index contributed by atoms with van der Waals surface area (Å²) in [6, 6.07) is 36.1. The van der Waals surface area contributed by atoms with Gasteiger partial charge in [0.05, 0.1) is 11.3 Å². The van der Waals surface area contributed by atoms with Crippen molar-refractivity contribution >= 4 is 20.9 Å². The van der Waals surface area contributed by atoms with E-state index >= 15 is 0 Å². The summed E-state index contributed by atoms with van der Waals surface area (Å²) in [6.45, 7) is 11.8. The Morgan fingerprint density at radius 1 is 0.644 bits per heavy atom. The van der Waals surface area contributed by atoms with Crippen LogP contribution in [-0.2, 0) is 23.3 Å². The van der Waals surface area contributed by atoms with Crippen LogP contribution >= 0.6 is 10.0 Å². The summed E-state index contributed by atoms with van der Waals surface area (Å²) >= 11 is 0. The van der Waals surface area contributed by atoms with Crippen LogP contribution in [0.1, 0.15) is 68.7 Å². The van der Waals surface area contributed by atoms with E-state index in [1.54, 1.807) is 0 Å². The number of nitrogens with zero attached hydrogens (tertiary/aromatic N) is 1. The first-order valence-corrected chi connectivity index (χ1v) is 19.2. The molecule has 45 heavy (non-hydrogen) atoms. The third-order valence-corrected chi connectivity index (χ3v) is 12.4. The van der Waals surface area contributed by atoms with E-state index in [2.05, 4.69) is 150 Å². The van der Waals surface area contributed by atoms with Gasteiger partial charge in [-0.25, -0.2) is 10.0 Å². The standard InChI is InChI=1S/C42H53NOS/c1-32-20-10-13-23-36(32)38-25-14-11-21-34(38)30-45(7,29-19-9-8-18-28-44-42(3,4)5)31-35-22-12-15-26-39(35)41-33(2)37-24-16-17-27-40(37)43(41)6/h10-17,20-27H,8-9,18-19,28-31H2,1-7H3. The number of benzene rings is 4. The number of rotatable bonds is 13. The fourth-order valence-corrected chi connectivity index (χ4v) is 10.2. The molecule has 0 amide bonds.